The number of ether oxygens (including phenoxy) is 1. The molecule has 1 unspecified atom stereocenters. The minimum atomic E-state index is -0.511. The fraction of sp³-hybridized carbons (Fsp3) is 0.900. The van der Waals surface area contributed by atoms with Crippen LogP contribution in [-0.4, -0.2) is 23.5 Å². The number of hydrogen-bond donors (Lipinski definition) is 1. The maximum atomic E-state index is 12.6. The number of rotatable bonds is 5. The molecular formula is C20H31NO3. The second-order valence-electron chi connectivity index (χ2n) is 8.65. The number of esters is 1. The van der Waals surface area contributed by atoms with Gasteiger partial charge in [-0.3, -0.25) is 4.79 Å². The van der Waals surface area contributed by atoms with Crippen LogP contribution >= 0.6 is 0 Å². The zero-order valence-corrected chi connectivity index (χ0v) is 14.7. The van der Waals surface area contributed by atoms with Crippen molar-refractivity contribution in [3.05, 3.63) is 0 Å². The highest BCUT2D eigenvalue weighted by molar-refractivity contribution is 5.97. The molecule has 1 N–H and O–H groups in total. The monoisotopic (exact) mass is 333 g/mol. The summed E-state index contributed by atoms with van der Waals surface area (Å²) in [5.74, 6) is 1.16. The highest BCUT2D eigenvalue weighted by atomic mass is 16.6. The van der Waals surface area contributed by atoms with Crippen LogP contribution in [0.1, 0.15) is 83.5 Å². The van der Waals surface area contributed by atoms with Crippen LogP contribution in [0.5, 0.6) is 0 Å². The standard InChI is InChI=1S/C20H31NO3/c22-18-16(13-15-9-5-2-6-10-15)20(17(21-18)19(23)24-20)12-11-14-7-3-1-4-8-14/h14-17H,1-13H2,(H,21,22)/t16-,17?,20-/m0/s1. The van der Waals surface area contributed by atoms with Crippen LogP contribution < -0.4 is 5.32 Å². The lowest BCUT2D eigenvalue weighted by atomic mass is 9.70. The van der Waals surface area contributed by atoms with Gasteiger partial charge in [-0.1, -0.05) is 64.2 Å². The molecule has 2 heterocycles. The van der Waals surface area contributed by atoms with Crippen LogP contribution in [0, 0.1) is 17.8 Å². The van der Waals surface area contributed by atoms with E-state index >= 15 is 0 Å². The number of carbonyl (C=O) groups excluding carboxylic acids is 2. The maximum absolute atomic E-state index is 12.6. The van der Waals surface area contributed by atoms with Crippen LogP contribution in [-0.2, 0) is 14.3 Å². The molecule has 4 rings (SSSR count). The average molecular weight is 333 g/mol. The average Bonchev–Trinajstić information content (AvgIpc) is 2.83. The lowest BCUT2D eigenvalue weighted by molar-refractivity contribution is -0.206. The number of hydrogen-bond acceptors (Lipinski definition) is 3. The molecule has 4 fully saturated rings. The van der Waals surface area contributed by atoms with Crippen molar-refractivity contribution in [3.63, 3.8) is 0 Å². The normalized spacial score (nSPS) is 37.5. The Hall–Kier alpha value is -1.06. The molecule has 0 aromatic rings. The predicted molar refractivity (Wildman–Crippen MR) is 91.2 cm³/mol. The highest BCUT2D eigenvalue weighted by Gasteiger charge is 2.68. The molecule has 0 spiro atoms. The van der Waals surface area contributed by atoms with Crippen molar-refractivity contribution in [1.82, 2.24) is 5.32 Å². The summed E-state index contributed by atoms with van der Waals surface area (Å²) in [7, 11) is 0. The predicted octanol–water partition coefficient (Wildman–Crippen LogP) is 3.73. The van der Waals surface area contributed by atoms with Crippen molar-refractivity contribution < 1.29 is 14.3 Å². The molecule has 0 aromatic heterocycles. The number of amides is 1. The molecular weight excluding hydrogens is 302 g/mol. The second-order valence-corrected chi connectivity index (χ2v) is 8.65. The number of fused-ring (bicyclic) bond motifs is 1. The molecule has 2 saturated carbocycles. The maximum Gasteiger partial charge on any atom is 0.333 e. The number of carbonyl (C=O) groups is 2. The largest absolute Gasteiger partial charge is 0.454 e. The van der Waals surface area contributed by atoms with Crippen molar-refractivity contribution in [2.24, 2.45) is 17.8 Å². The minimum Gasteiger partial charge on any atom is -0.454 e. The summed E-state index contributed by atoms with van der Waals surface area (Å²) in [5.41, 5.74) is -0.511. The lowest BCUT2D eigenvalue weighted by Crippen LogP contribution is -2.65. The van der Waals surface area contributed by atoms with E-state index in [1.54, 1.807) is 0 Å². The second kappa shape index (κ2) is 6.68. The van der Waals surface area contributed by atoms with Gasteiger partial charge in [0.1, 0.15) is 0 Å². The molecule has 3 atom stereocenters. The van der Waals surface area contributed by atoms with E-state index in [1.807, 2.05) is 0 Å². The molecule has 0 aromatic carbocycles. The van der Waals surface area contributed by atoms with E-state index in [-0.39, 0.29) is 23.8 Å². The van der Waals surface area contributed by atoms with Crippen LogP contribution in [0.15, 0.2) is 0 Å². The Kier molecular flexibility index (Phi) is 4.57. The van der Waals surface area contributed by atoms with Crippen LogP contribution in [0.2, 0.25) is 0 Å². The summed E-state index contributed by atoms with van der Waals surface area (Å²) >= 11 is 0. The fourth-order valence-corrected chi connectivity index (χ4v) is 5.70. The van der Waals surface area contributed by atoms with Gasteiger partial charge >= 0.3 is 5.97 Å². The van der Waals surface area contributed by atoms with E-state index < -0.39 is 5.60 Å². The Balaban J connectivity index is 1.44. The molecule has 2 saturated heterocycles. The quantitative estimate of drug-likeness (QED) is 0.780. The van der Waals surface area contributed by atoms with Crippen LogP contribution in [0.4, 0.5) is 0 Å². The van der Waals surface area contributed by atoms with Gasteiger partial charge in [0.05, 0.1) is 5.92 Å². The smallest absolute Gasteiger partial charge is 0.333 e. The first kappa shape index (κ1) is 16.4. The molecule has 2 aliphatic carbocycles. The third-order valence-electron chi connectivity index (χ3n) is 7.17. The van der Waals surface area contributed by atoms with Crippen molar-refractivity contribution in [1.29, 1.82) is 0 Å². The summed E-state index contributed by atoms with van der Waals surface area (Å²) in [6.07, 6.45) is 15.9. The first-order chi connectivity index (χ1) is 11.7. The topological polar surface area (TPSA) is 55.4 Å². The van der Waals surface area contributed by atoms with E-state index in [0.29, 0.717) is 5.92 Å². The van der Waals surface area contributed by atoms with Crippen molar-refractivity contribution >= 4 is 11.9 Å². The van der Waals surface area contributed by atoms with Gasteiger partial charge in [0, 0.05) is 0 Å². The van der Waals surface area contributed by atoms with Gasteiger partial charge in [-0.15, -0.1) is 0 Å². The number of nitrogens with one attached hydrogen (secondary N) is 1. The van der Waals surface area contributed by atoms with Gasteiger partial charge in [0.2, 0.25) is 5.91 Å². The summed E-state index contributed by atoms with van der Waals surface area (Å²) in [6, 6.07) is -0.359. The first-order valence-electron chi connectivity index (χ1n) is 10.2. The van der Waals surface area contributed by atoms with Gasteiger partial charge in [0.15, 0.2) is 11.6 Å². The van der Waals surface area contributed by atoms with E-state index in [1.165, 1.54) is 64.2 Å². The van der Waals surface area contributed by atoms with Gasteiger partial charge in [-0.05, 0) is 31.1 Å². The summed E-state index contributed by atoms with van der Waals surface area (Å²) < 4.78 is 5.74. The molecule has 134 valence electrons. The molecule has 2 aliphatic heterocycles. The van der Waals surface area contributed by atoms with Crippen molar-refractivity contribution in [2.75, 3.05) is 0 Å². The van der Waals surface area contributed by atoms with Crippen molar-refractivity contribution in [3.8, 4) is 0 Å². The van der Waals surface area contributed by atoms with E-state index in [0.717, 1.165) is 25.2 Å². The minimum absolute atomic E-state index is 0.0695. The molecule has 4 heteroatoms. The first-order valence-corrected chi connectivity index (χ1v) is 10.2. The van der Waals surface area contributed by atoms with Gasteiger partial charge in [0.25, 0.3) is 0 Å². The molecule has 4 nitrogen and oxygen atoms in total. The van der Waals surface area contributed by atoms with E-state index in [2.05, 4.69) is 5.32 Å². The Morgan fingerprint density at radius 1 is 0.917 bits per heavy atom. The van der Waals surface area contributed by atoms with Crippen molar-refractivity contribution in [2.45, 2.75) is 95.1 Å². The summed E-state index contributed by atoms with van der Waals surface area (Å²) in [5, 5.41) is 2.96. The van der Waals surface area contributed by atoms with Gasteiger partial charge < -0.3 is 10.1 Å². The van der Waals surface area contributed by atoms with Gasteiger partial charge in [-0.2, -0.15) is 0 Å². The van der Waals surface area contributed by atoms with Crippen LogP contribution in [0.25, 0.3) is 0 Å². The Labute approximate surface area is 145 Å². The summed E-state index contributed by atoms with van der Waals surface area (Å²) in [4.78, 5) is 24.5. The molecule has 0 bridgehead atoms. The van der Waals surface area contributed by atoms with Gasteiger partial charge in [-0.25, -0.2) is 4.79 Å². The summed E-state index contributed by atoms with van der Waals surface area (Å²) in [6.45, 7) is 0. The highest BCUT2D eigenvalue weighted by Crippen LogP contribution is 2.49. The Morgan fingerprint density at radius 3 is 2.17 bits per heavy atom. The lowest BCUT2D eigenvalue weighted by Gasteiger charge is -2.46. The third kappa shape index (κ3) is 2.86. The van der Waals surface area contributed by atoms with Crippen LogP contribution in [0.3, 0.4) is 0 Å². The molecule has 1 amide bonds. The molecule has 0 radical (unpaired) electrons. The molecule has 24 heavy (non-hydrogen) atoms. The zero-order valence-electron chi connectivity index (χ0n) is 14.7. The van der Waals surface area contributed by atoms with E-state index in [4.69, 9.17) is 4.74 Å². The third-order valence-corrected chi connectivity index (χ3v) is 7.17. The Bertz CT molecular complexity index is 493. The fourth-order valence-electron chi connectivity index (χ4n) is 5.70. The zero-order chi connectivity index (χ0) is 16.6. The van der Waals surface area contributed by atoms with E-state index in [9.17, 15) is 9.59 Å². The SMILES string of the molecule is O=C1O[C@]2(CCC3CCCCC3)C1NC(=O)[C@@H]2CC1CCCCC1. The molecule has 4 aliphatic rings. The Morgan fingerprint density at radius 2 is 1.54 bits per heavy atom.